The maximum atomic E-state index is 9.62. The lowest BCUT2D eigenvalue weighted by Crippen LogP contribution is -2.09. The molecule has 0 aliphatic carbocycles. The molecule has 2 heteroatoms. The molecule has 1 N–H and O–H groups in total. The summed E-state index contributed by atoms with van der Waals surface area (Å²) in [5.41, 5.74) is 0. The van der Waals surface area contributed by atoms with Crippen molar-refractivity contribution in [3.05, 3.63) is 12.2 Å². The van der Waals surface area contributed by atoms with E-state index in [-0.39, 0.29) is 0 Å². The Kier molecular flexibility index (Phi) is 5.60. The molecule has 0 saturated carbocycles. The van der Waals surface area contributed by atoms with Gasteiger partial charge in [-0.25, -0.2) is 0 Å². The van der Waals surface area contributed by atoms with Gasteiger partial charge in [-0.15, -0.1) is 0 Å². The van der Waals surface area contributed by atoms with E-state index < -0.39 is 0 Å². The summed E-state index contributed by atoms with van der Waals surface area (Å²) in [6.07, 6.45) is 5.66. The first-order valence-corrected chi connectivity index (χ1v) is 2.73. The molecular weight excluding hydrogens is 102 g/mol. The smallest absolute Gasteiger partial charge is 0.207 e. The van der Waals surface area contributed by atoms with E-state index in [1.165, 1.54) is 0 Å². The minimum Gasteiger partial charge on any atom is -0.355 e. The van der Waals surface area contributed by atoms with Gasteiger partial charge in [0.05, 0.1) is 0 Å². The number of carbonyl (C=O) groups is 1. The third-order valence-corrected chi connectivity index (χ3v) is 0.721. The minimum atomic E-state index is 0.650. The monoisotopic (exact) mass is 113 g/mol. The van der Waals surface area contributed by atoms with Crippen LogP contribution in [0.25, 0.3) is 0 Å². The number of hydrogen-bond donors (Lipinski definition) is 1. The lowest BCUT2D eigenvalue weighted by molar-refractivity contribution is -0.109. The molecule has 0 aromatic carbocycles. The Morgan fingerprint density at radius 2 is 2.25 bits per heavy atom. The lowest BCUT2D eigenvalue weighted by Gasteiger charge is -1.85. The molecule has 0 aliphatic heterocycles. The van der Waals surface area contributed by atoms with Crippen molar-refractivity contribution >= 4 is 6.41 Å². The van der Waals surface area contributed by atoms with Gasteiger partial charge >= 0.3 is 0 Å². The molecule has 0 radical (unpaired) electrons. The van der Waals surface area contributed by atoms with Crippen molar-refractivity contribution in [2.24, 2.45) is 0 Å². The van der Waals surface area contributed by atoms with Crippen LogP contribution in [0, 0.1) is 0 Å². The van der Waals surface area contributed by atoms with Crippen LogP contribution < -0.4 is 5.32 Å². The lowest BCUT2D eigenvalue weighted by atomic mass is 10.4. The quantitative estimate of drug-likeness (QED) is 0.324. The Hall–Kier alpha value is -0.790. The zero-order valence-corrected chi connectivity index (χ0v) is 5.05. The highest BCUT2D eigenvalue weighted by atomic mass is 16.1. The SMILES string of the molecule is CCC=CCNC=O. The maximum absolute atomic E-state index is 9.62. The average Bonchev–Trinajstić information content (AvgIpc) is 1.81. The summed E-state index contributed by atoms with van der Waals surface area (Å²) in [6, 6.07) is 0. The van der Waals surface area contributed by atoms with E-state index in [0.717, 1.165) is 6.42 Å². The molecule has 0 spiro atoms. The Morgan fingerprint density at radius 3 is 2.75 bits per heavy atom. The molecule has 46 valence electrons. The third-order valence-electron chi connectivity index (χ3n) is 0.721. The highest BCUT2D eigenvalue weighted by molar-refractivity contribution is 5.46. The zero-order chi connectivity index (χ0) is 6.24. The van der Waals surface area contributed by atoms with Crippen LogP contribution in [0.1, 0.15) is 13.3 Å². The molecule has 1 amide bonds. The van der Waals surface area contributed by atoms with E-state index in [9.17, 15) is 4.79 Å². The van der Waals surface area contributed by atoms with Crippen LogP contribution in [0.2, 0.25) is 0 Å². The second kappa shape index (κ2) is 6.21. The minimum absolute atomic E-state index is 0.650. The summed E-state index contributed by atoms with van der Waals surface area (Å²) in [4.78, 5) is 9.62. The van der Waals surface area contributed by atoms with Crippen molar-refractivity contribution in [1.29, 1.82) is 0 Å². The van der Waals surface area contributed by atoms with Gasteiger partial charge in [-0.3, -0.25) is 4.79 Å². The number of allylic oxidation sites excluding steroid dienone is 1. The fourth-order valence-electron chi connectivity index (χ4n) is 0.366. The molecule has 0 aliphatic rings. The Balaban J connectivity index is 2.90. The van der Waals surface area contributed by atoms with E-state index in [1.54, 1.807) is 0 Å². The summed E-state index contributed by atoms with van der Waals surface area (Å²) in [5, 5.41) is 2.52. The molecule has 0 heterocycles. The van der Waals surface area contributed by atoms with Crippen molar-refractivity contribution in [3.63, 3.8) is 0 Å². The highest BCUT2D eigenvalue weighted by Crippen LogP contribution is 1.75. The average molecular weight is 113 g/mol. The van der Waals surface area contributed by atoms with Crippen LogP contribution in [0.15, 0.2) is 12.2 Å². The Bertz CT molecular complexity index is 78.6. The van der Waals surface area contributed by atoms with Gasteiger partial charge in [0, 0.05) is 6.54 Å². The largest absolute Gasteiger partial charge is 0.355 e. The molecule has 0 fully saturated rings. The van der Waals surface area contributed by atoms with Crippen LogP contribution >= 0.6 is 0 Å². The Morgan fingerprint density at radius 1 is 1.50 bits per heavy atom. The number of rotatable bonds is 4. The van der Waals surface area contributed by atoms with Crippen molar-refractivity contribution in [1.82, 2.24) is 5.32 Å². The summed E-state index contributed by atoms with van der Waals surface area (Å²) in [7, 11) is 0. The number of hydrogen-bond acceptors (Lipinski definition) is 1. The molecule has 0 bridgehead atoms. The topological polar surface area (TPSA) is 29.1 Å². The van der Waals surface area contributed by atoms with Crippen molar-refractivity contribution in [2.45, 2.75) is 13.3 Å². The maximum Gasteiger partial charge on any atom is 0.207 e. The molecule has 0 atom stereocenters. The van der Waals surface area contributed by atoms with E-state index in [0.29, 0.717) is 13.0 Å². The molecule has 8 heavy (non-hydrogen) atoms. The van der Waals surface area contributed by atoms with Gasteiger partial charge in [-0.1, -0.05) is 19.1 Å². The molecular formula is C6H11NO. The predicted molar refractivity (Wildman–Crippen MR) is 33.5 cm³/mol. The van der Waals surface area contributed by atoms with Gasteiger partial charge in [0.1, 0.15) is 0 Å². The van der Waals surface area contributed by atoms with Gasteiger partial charge in [0.15, 0.2) is 0 Å². The van der Waals surface area contributed by atoms with Gasteiger partial charge in [0.25, 0.3) is 0 Å². The van der Waals surface area contributed by atoms with Gasteiger partial charge in [0.2, 0.25) is 6.41 Å². The summed E-state index contributed by atoms with van der Waals surface area (Å²) in [6.45, 7) is 2.70. The van der Waals surface area contributed by atoms with E-state index in [4.69, 9.17) is 0 Å². The highest BCUT2D eigenvalue weighted by Gasteiger charge is 1.69. The Labute approximate surface area is 49.6 Å². The van der Waals surface area contributed by atoms with Crippen molar-refractivity contribution in [3.8, 4) is 0 Å². The second-order valence-corrected chi connectivity index (χ2v) is 1.41. The first kappa shape index (κ1) is 7.21. The summed E-state index contributed by atoms with van der Waals surface area (Å²) in [5.74, 6) is 0. The standard InChI is InChI=1S/C6H11NO/c1-2-3-4-5-7-6-8/h3-4,6H,2,5H2,1H3,(H,7,8). The summed E-state index contributed by atoms with van der Waals surface area (Å²) < 4.78 is 0. The fraction of sp³-hybridized carbons (Fsp3) is 0.500. The van der Waals surface area contributed by atoms with E-state index in [2.05, 4.69) is 12.2 Å². The van der Waals surface area contributed by atoms with Crippen molar-refractivity contribution in [2.75, 3.05) is 6.54 Å². The normalized spacial score (nSPS) is 9.62. The van der Waals surface area contributed by atoms with Gasteiger partial charge in [-0.2, -0.15) is 0 Å². The molecule has 0 unspecified atom stereocenters. The molecule has 0 rings (SSSR count). The number of carbonyl (C=O) groups excluding carboxylic acids is 1. The molecule has 0 aromatic rings. The van der Waals surface area contributed by atoms with Crippen LogP contribution in [0.3, 0.4) is 0 Å². The van der Waals surface area contributed by atoms with Crippen LogP contribution in [-0.4, -0.2) is 13.0 Å². The first-order chi connectivity index (χ1) is 3.91. The molecule has 0 aromatic heterocycles. The van der Waals surface area contributed by atoms with Gasteiger partial charge < -0.3 is 5.32 Å². The zero-order valence-electron chi connectivity index (χ0n) is 5.05. The van der Waals surface area contributed by atoms with E-state index in [1.807, 2.05) is 12.2 Å². The first-order valence-electron chi connectivity index (χ1n) is 2.73. The van der Waals surface area contributed by atoms with Crippen LogP contribution in [0.5, 0.6) is 0 Å². The summed E-state index contributed by atoms with van der Waals surface area (Å²) >= 11 is 0. The van der Waals surface area contributed by atoms with Crippen molar-refractivity contribution < 1.29 is 4.79 Å². The predicted octanol–water partition coefficient (Wildman–Crippen LogP) is 0.699. The molecule has 0 saturated heterocycles. The second-order valence-electron chi connectivity index (χ2n) is 1.41. The number of nitrogens with one attached hydrogen (secondary N) is 1. The van der Waals surface area contributed by atoms with Gasteiger partial charge in [-0.05, 0) is 6.42 Å². The van der Waals surface area contributed by atoms with Crippen LogP contribution in [-0.2, 0) is 4.79 Å². The van der Waals surface area contributed by atoms with E-state index >= 15 is 0 Å². The fourth-order valence-corrected chi connectivity index (χ4v) is 0.366. The third kappa shape index (κ3) is 5.21. The number of amides is 1. The molecule has 2 nitrogen and oxygen atoms in total. The van der Waals surface area contributed by atoms with Crippen LogP contribution in [0.4, 0.5) is 0 Å².